The molecular weight excluding hydrogens is 225 g/mol. The van der Waals surface area contributed by atoms with Gasteiger partial charge in [-0.25, -0.2) is 4.79 Å². The molecule has 0 unspecified atom stereocenters. The van der Waals surface area contributed by atoms with Crippen LogP contribution in [0.5, 0.6) is 0 Å². The molecule has 6 heteroatoms. The van der Waals surface area contributed by atoms with Gasteiger partial charge in [-0.15, -0.1) is 0 Å². The predicted octanol–water partition coefficient (Wildman–Crippen LogP) is 2.22. The summed E-state index contributed by atoms with van der Waals surface area (Å²) in [4.78, 5) is 10.3. The summed E-state index contributed by atoms with van der Waals surface area (Å²) in [6.45, 7) is -0.392. The zero-order valence-electron chi connectivity index (χ0n) is 8.07. The van der Waals surface area contributed by atoms with E-state index < -0.39 is 24.9 Å². The van der Waals surface area contributed by atoms with E-state index in [0.29, 0.717) is 5.56 Å². The molecule has 0 amide bonds. The number of carboxylic acid groups (broad SMARTS) is 1. The van der Waals surface area contributed by atoms with E-state index in [1.807, 2.05) is 0 Å². The van der Waals surface area contributed by atoms with Gasteiger partial charge < -0.3 is 9.84 Å². The Kier molecular flexibility index (Phi) is 3.89. The van der Waals surface area contributed by atoms with E-state index in [1.165, 1.54) is 0 Å². The fourth-order valence-electron chi connectivity index (χ4n) is 1.06. The average Bonchev–Trinajstić information content (AvgIpc) is 2.17. The van der Waals surface area contributed by atoms with Crippen LogP contribution in [0.2, 0.25) is 0 Å². The van der Waals surface area contributed by atoms with Crippen LogP contribution in [0.15, 0.2) is 30.3 Å². The zero-order valence-corrected chi connectivity index (χ0v) is 8.07. The predicted molar refractivity (Wildman–Crippen MR) is 48.7 cm³/mol. The zero-order chi connectivity index (χ0) is 12.2. The van der Waals surface area contributed by atoms with Crippen LogP contribution in [0.25, 0.3) is 0 Å². The highest BCUT2D eigenvalue weighted by atomic mass is 19.4. The van der Waals surface area contributed by atoms with E-state index in [4.69, 9.17) is 5.11 Å². The lowest BCUT2D eigenvalue weighted by Crippen LogP contribution is -2.38. The highest BCUT2D eigenvalue weighted by Gasteiger charge is 2.46. The van der Waals surface area contributed by atoms with Gasteiger partial charge in [-0.2, -0.15) is 13.2 Å². The van der Waals surface area contributed by atoms with Gasteiger partial charge in [-0.05, 0) is 5.56 Å². The van der Waals surface area contributed by atoms with Crippen molar-refractivity contribution in [2.75, 3.05) is 0 Å². The van der Waals surface area contributed by atoms with Crippen molar-refractivity contribution in [2.45, 2.75) is 18.9 Å². The Morgan fingerprint density at radius 1 is 1.31 bits per heavy atom. The number of halogens is 3. The first kappa shape index (κ1) is 12.5. The quantitative estimate of drug-likeness (QED) is 0.868. The fourth-order valence-corrected chi connectivity index (χ4v) is 1.06. The number of carbonyl (C=O) groups is 1. The molecule has 16 heavy (non-hydrogen) atoms. The summed E-state index contributed by atoms with van der Waals surface area (Å²) in [7, 11) is 0. The van der Waals surface area contributed by atoms with Crippen molar-refractivity contribution < 1.29 is 27.8 Å². The van der Waals surface area contributed by atoms with Gasteiger partial charge in [0.15, 0.2) is 0 Å². The molecule has 1 aromatic rings. The van der Waals surface area contributed by atoms with Crippen molar-refractivity contribution in [1.29, 1.82) is 0 Å². The van der Waals surface area contributed by atoms with Gasteiger partial charge in [0, 0.05) is 0 Å². The van der Waals surface area contributed by atoms with Gasteiger partial charge in [-0.1, -0.05) is 30.3 Å². The minimum absolute atomic E-state index is 0.392. The number of ether oxygens (including phenoxy) is 1. The Hall–Kier alpha value is -1.56. The molecule has 0 aliphatic heterocycles. The number of benzene rings is 1. The first-order chi connectivity index (χ1) is 7.41. The topological polar surface area (TPSA) is 46.5 Å². The Morgan fingerprint density at radius 2 is 1.88 bits per heavy atom. The summed E-state index contributed by atoms with van der Waals surface area (Å²) < 4.78 is 40.8. The second kappa shape index (κ2) is 4.98. The molecule has 1 rings (SSSR count). The molecule has 3 nitrogen and oxygen atoms in total. The van der Waals surface area contributed by atoms with E-state index >= 15 is 0 Å². The van der Waals surface area contributed by atoms with Gasteiger partial charge in [-0.3, -0.25) is 0 Å². The second-order valence-corrected chi connectivity index (χ2v) is 3.06. The average molecular weight is 234 g/mol. The van der Waals surface area contributed by atoms with E-state index in [0.717, 1.165) is 0 Å². The summed E-state index contributed by atoms with van der Waals surface area (Å²) in [5.41, 5.74) is 0.484. The van der Waals surface area contributed by atoms with Crippen molar-refractivity contribution in [1.82, 2.24) is 0 Å². The maximum atomic E-state index is 12.2. The monoisotopic (exact) mass is 234 g/mol. The molecule has 0 aromatic heterocycles. The van der Waals surface area contributed by atoms with Crippen molar-refractivity contribution in [3.63, 3.8) is 0 Å². The lowest BCUT2D eigenvalue weighted by molar-refractivity contribution is -0.229. The summed E-state index contributed by atoms with van der Waals surface area (Å²) in [6.07, 6.45) is -7.69. The van der Waals surface area contributed by atoms with Crippen LogP contribution < -0.4 is 0 Å². The summed E-state index contributed by atoms with van der Waals surface area (Å²) in [5.74, 6) is -2.04. The molecule has 0 saturated carbocycles. The summed E-state index contributed by atoms with van der Waals surface area (Å²) >= 11 is 0. The SMILES string of the molecule is O=C(O)[C@@H](OCc1ccccc1)C(F)(F)F. The first-order valence-corrected chi connectivity index (χ1v) is 4.36. The van der Waals surface area contributed by atoms with Crippen LogP contribution in [0.3, 0.4) is 0 Å². The Labute approximate surface area is 89.5 Å². The van der Waals surface area contributed by atoms with E-state index in [-0.39, 0.29) is 0 Å². The Balaban J connectivity index is 2.62. The van der Waals surface area contributed by atoms with Crippen molar-refractivity contribution in [2.24, 2.45) is 0 Å². The standard InChI is InChI=1S/C10H9F3O3/c11-10(12,13)8(9(14)15)16-6-7-4-2-1-3-5-7/h1-5,8H,6H2,(H,14,15)/t8-/m1/s1. The number of aliphatic carboxylic acids is 1. The molecule has 0 aliphatic carbocycles. The maximum Gasteiger partial charge on any atom is 0.425 e. The van der Waals surface area contributed by atoms with Crippen molar-refractivity contribution in [3.05, 3.63) is 35.9 Å². The normalized spacial score (nSPS) is 13.4. The number of carboxylic acids is 1. The lowest BCUT2D eigenvalue weighted by Gasteiger charge is -2.16. The van der Waals surface area contributed by atoms with E-state index in [2.05, 4.69) is 4.74 Å². The van der Waals surface area contributed by atoms with Crippen LogP contribution in [0.4, 0.5) is 13.2 Å². The number of hydrogen-bond donors (Lipinski definition) is 1. The third-order valence-corrected chi connectivity index (χ3v) is 1.78. The highest BCUT2D eigenvalue weighted by molar-refractivity contribution is 5.73. The second-order valence-electron chi connectivity index (χ2n) is 3.06. The molecule has 0 heterocycles. The Morgan fingerprint density at radius 3 is 2.31 bits per heavy atom. The van der Waals surface area contributed by atoms with Crippen molar-refractivity contribution in [3.8, 4) is 0 Å². The number of rotatable bonds is 4. The molecular formula is C10H9F3O3. The summed E-state index contributed by atoms with van der Waals surface area (Å²) in [5, 5.41) is 8.34. The van der Waals surface area contributed by atoms with E-state index in [1.54, 1.807) is 30.3 Å². The van der Waals surface area contributed by atoms with E-state index in [9.17, 15) is 18.0 Å². The molecule has 1 atom stereocenters. The largest absolute Gasteiger partial charge is 0.479 e. The van der Waals surface area contributed by atoms with Gasteiger partial charge in [0.1, 0.15) is 0 Å². The minimum atomic E-state index is -4.90. The van der Waals surface area contributed by atoms with Crippen LogP contribution in [-0.2, 0) is 16.1 Å². The molecule has 1 aromatic carbocycles. The molecule has 0 spiro atoms. The highest BCUT2D eigenvalue weighted by Crippen LogP contribution is 2.24. The van der Waals surface area contributed by atoms with Crippen LogP contribution in [0, 0.1) is 0 Å². The van der Waals surface area contributed by atoms with Crippen LogP contribution in [-0.4, -0.2) is 23.4 Å². The minimum Gasteiger partial charge on any atom is -0.479 e. The molecule has 88 valence electrons. The molecule has 0 fully saturated rings. The molecule has 0 saturated heterocycles. The summed E-state index contributed by atoms with van der Waals surface area (Å²) in [6, 6.07) is 8.05. The smallest absolute Gasteiger partial charge is 0.425 e. The Bertz CT molecular complexity index is 348. The molecule has 1 N–H and O–H groups in total. The third kappa shape index (κ3) is 3.54. The molecule has 0 bridgehead atoms. The molecule has 0 radical (unpaired) electrons. The maximum absolute atomic E-state index is 12.2. The number of hydrogen-bond acceptors (Lipinski definition) is 2. The van der Waals surface area contributed by atoms with Gasteiger partial charge in [0.25, 0.3) is 6.10 Å². The van der Waals surface area contributed by atoms with Crippen molar-refractivity contribution >= 4 is 5.97 Å². The van der Waals surface area contributed by atoms with Gasteiger partial charge in [0.05, 0.1) is 6.61 Å². The first-order valence-electron chi connectivity index (χ1n) is 4.36. The van der Waals surface area contributed by atoms with Crippen LogP contribution in [0.1, 0.15) is 5.56 Å². The van der Waals surface area contributed by atoms with Crippen LogP contribution >= 0.6 is 0 Å². The third-order valence-electron chi connectivity index (χ3n) is 1.78. The van der Waals surface area contributed by atoms with Gasteiger partial charge >= 0.3 is 12.1 Å². The fraction of sp³-hybridized carbons (Fsp3) is 0.300. The van der Waals surface area contributed by atoms with Gasteiger partial charge in [0.2, 0.25) is 0 Å². The molecule has 0 aliphatic rings. The lowest BCUT2D eigenvalue weighted by atomic mass is 10.2. The number of alkyl halides is 3.